The lowest BCUT2D eigenvalue weighted by Crippen LogP contribution is -2.19. The molecule has 0 aliphatic carbocycles. The third-order valence-corrected chi connectivity index (χ3v) is 2.69. The van der Waals surface area contributed by atoms with E-state index in [1.54, 1.807) is 12.1 Å². The topological polar surface area (TPSA) is 77.0 Å². The van der Waals surface area contributed by atoms with E-state index in [0.717, 1.165) is 30.3 Å². The average Bonchev–Trinajstić information content (AvgIpc) is 2.66. The van der Waals surface area contributed by atoms with Crippen molar-refractivity contribution < 1.29 is 49.4 Å². The summed E-state index contributed by atoms with van der Waals surface area (Å²) in [5.74, 6) is -2.65. The van der Waals surface area contributed by atoms with Gasteiger partial charge in [-0.1, -0.05) is 7.43 Å². The molecule has 2 aromatic rings. The molecular formula is C19H15F9N2O2. The smallest absolute Gasteiger partial charge is 0.422 e. The number of aliphatic hydroxyl groups excluding tert-OH is 1. The van der Waals surface area contributed by atoms with Crippen LogP contribution in [0.5, 0.6) is 5.75 Å². The molecule has 0 aromatic heterocycles. The van der Waals surface area contributed by atoms with Gasteiger partial charge in [-0.25, -0.2) is 13.2 Å². The lowest BCUT2D eigenvalue weighted by atomic mass is 10.2. The minimum absolute atomic E-state index is 0. The van der Waals surface area contributed by atoms with Crippen LogP contribution in [0.15, 0.2) is 36.4 Å². The van der Waals surface area contributed by atoms with Gasteiger partial charge in [0.25, 0.3) is 0 Å². The molecule has 176 valence electrons. The maximum absolute atomic E-state index is 12.6. The highest BCUT2D eigenvalue weighted by molar-refractivity contribution is 5.43. The van der Waals surface area contributed by atoms with E-state index in [1.807, 2.05) is 0 Å². The van der Waals surface area contributed by atoms with Crippen LogP contribution in [0.4, 0.5) is 39.5 Å². The molecule has 0 spiro atoms. The van der Waals surface area contributed by atoms with Gasteiger partial charge in [-0.3, -0.25) is 0 Å². The van der Waals surface area contributed by atoms with Gasteiger partial charge in [0, 0.05) is 12.1 Å². The fourth-order valence-corrected chi connectivity index (χ4v) is 1.45. The van der Waals surface area contributed by atoms with E-state index < -0.39 is 48.8 Å². The first-order valence-corrected chi connectivity index (χ1v) is 7.64. The number of nitriles is 2. The molecule has 0 atom stereocenters. The predicted octanol–water partition coefficient (Wildman–Crippen LogP) is 5.65. The molecule has 0 saturated heterocycles. The van der Waals surface area contributed by atoms with Crippen molar-refractivity contribution >= 4 is 0 Å². The molecular weight excluding hydrogens is 459 g/mol. The van der Waals surface area contributed by atoms with Crippen LogP contribution in [0.1, 0.15) is 18.6 Å². The number of hydrogen-bond acceptors (Lipinski definition) is 4. The van der Waals surface area contributed by atoms with Gasteiger partial charge in [-0.05, 0) is 24.3 Å². The first-order chi connectivity index (χ1) is 14.2. The maximum Gasteiger partial charge on any atom is 0.422 e. The molecule has 0 aliphatic heterocycles. The summed E-state index contributed by atoms with van der Waals surface area (Å²) in [5, 5.41) is 24.0. The van der Waals surface area contributed by atoms with Crippen LogP contribution in [0.25, 0.3) is 0 Å². The molecule has 0 amide bonds. The van der Waals surface area contributed by atoms with Gasteiger partial charge >= 0.3 is 12.4 Å². The lowest BCUT2D eigenvalue weighted by molar-refractivity contribution is -0.159. The van der Waals surface area contributed by atoms with Gasteiger partial charge in [-0.2, -0.15) is 36.9 Å². The first kappa shape index (κ1) is 30.7. The summed E-state index contributed by atoms with van der Waals surface area (Å²) in [4.78, 5) is 0. The van der Waals surface area contributed by atoms with E-state index in [4.69, 9.17) is 15.6 Å². The van der Waals surface area contributed by atoms with Crippen molar-refractivity contribution in [2.24, 2.45) is 0 Å². The van der Waals surface area contributed by atoms with Crippen molar-refractivity contribution in [2.45, 2.75) is 19.8 Å². The Morgan fingerprint density at radius 1 is 0.781 bits per heavy atom. The first-order valence-electron chi connectivity index (χ1n) is 7.64. The van der Waals surface area contributed by atoms with E-state index in [1.165, 1.54) is 0 Å². The van der Waals surface area contributed by atoms with Crippen LogP contribution in [-0.4, -0.2) is 30.7 Å². The second kappa shape index (κ2) is 13.8. The van der Waals surface area contributed by atoms with Crippen molar-refractivity contribution in [1.29, 1.82) is 10.5 Å². The fraction of sp³-hybridized carbons (Fsp3) is 0.263. The number of alkyl halides is 6. The Morgan fingerprint density at radius 2 is 1.22 bits per heavy atom. The molecule has 0 heterocycles. The highest BCUT2D eigenvalue weighted by Gasteiger charge is 2.29. The quantitative estimate of drug-likeness (QED) is 0.571. The van der Waals surface area contributed by atoms with Crippen LogP contribution in [0, 0.1) is 40.1 Å². The molecule has 0 fully saturated rings. The van der Waals surface area contributed by atoms with Gasteiger partial charge in [0.05, 0.1) is 11.1 Å². The van der Waals surface area contributed by atoms with Crippen LogP contribution < -0.4 is 4.74 Å². The van der Waals surface area contributed by atoms with E-state index in [0.29, 0.717) is 6.07 Å². The van der Waals surface area contributed by atoms with Crippen LogP contribution in [0.2, 0.25) is 0 Å². The normalized spacial score (nSPS) is 10.1. The number of benzene rings is 2. The zero-order chi connectivity index (χ0) is 24.2. The van der Waals surface area contributed by atoms with Crippen LogP contribution in [0.3, 0.4) is 0 Å². The largest absolute Gasteiger partial charge is 0.483 e. The third-order valence-electron chi connectivity index (χ3n) is 2.69. The van der Waals surface area contributed by atoms with Gasteiger partial charge in [0.1, 0.15) is 41.9 Å². The molecule has 4 nitrogen and oxygen atoms in total. The number of nitrogens with zero attached hydrogens (tertiary/aromatic N) is 2. The third kappa shape index (κ3) is 13.7. The molecule has 2 rings (SSSR count). The van der Waals surface area contributed by atoms with E-state index in [9.17, 15) is 39.5 Å². The molecule has 0 saturated carbocycles. The highest BCUT2D eigenvalue weighted by atomic mass is 19.4. The van der Waals surface area contributed by atoms with Crippen molar-refractivity contribution in [1.82, 2.24) is 0 Å². The number of hydrogen-bond donors (Lipinski definition) is 1. The minimum Gasteiger partial charge on any atom is -0.483 e. The number of rotatable bonds is 2. The molecule has 1 N–H and O–H groups in total. The van der Waals surface area contributed by atoms with Gasteiger partial charge in [-0.15, -0.1) is 0 Å². The molecule has 0 unspecified atom stereocenters. The second-order valence-corrected chi connectivity index (χ2v) is 5.17. The Hall–Kier alpha value is -3.45. The molecule has 32 heavy (non-hydrogen) atoms. The SMILES string of the molecule is C.N#Cc1ccc(F)cc1F.N#Cc1ccc(F)cc1OCC(F)(F)F.OCC(F)(F)F. The van der Waals surface area contributed by atoms with Gasteiger partial charge in [0.15, 0.2) is 6.61 Å². The molecule has 0 bridgehead atoms. The van der Waals surface area contributed by atoms with Crippen molar-refractivity contribution in [2.75, 3.05) is 13.2 Å². The van der Waals surface area contributed by atoms with Crippen molar-refractivity contribution in [3.63, 3.8) is 0 Å². The van der Waals surface area contributed by atoms with Crippen molar-refractivity contribution in [3.8, 4) is 17.9 Å². The average molecular weight is 474 g/mol. The van der Waals surface area contributed by atoms with E-state index in [2.05, 4.69) is 4.74 Å². The molecule has 0 aliphatic rings. The number of aliphatic hydroxyl groups is 1. The lowest BCUT2D eigenvalue weighted by Gasteiger charge is -2.09. The maximum atomic E-state index is 12.6. The summed E-state index contributed by atoms with van der Waals surface area (Å²) < 4.78 is 108. The number of halogens is 9. The Bertz CT molecular complexity index is 930. The highest BCUT2D eigenvalue weighted by Crippen LogP contribution is 2.22. The Balaban J connectivity index is 0. The Labute approximate surface area is 176 Å². The number of ether oxygens (including phenoxy) is 1. The zero-order valence-electron chi connectivity index (χ0n) is 15.0. The predicted molar refractivity (Wildman–Crippen MR) is 93.6 cm³/mol. The summed E-state index contributed by atoms with van der Waals surface area (Å²) >= 11 is 0. The molecule has 13 heteroatoms. The standard InChI is InChI=1S/C9H5F4NO.C7H3F2N.C2H3F3O.CH4/c10-7-2-1-6(4-14)8(3-7)15-5-9(11,12)13;8-6-2-1-5(4-10)7(9)3-6;3-2(4,5)1-6;/h1-3H,5H2;1-3H;6H,1H2;1H4. The fourth-order valence-electron chi connectivity index (χ4n) is 1.45. The summed E-state index contributed by atoms with van der Waals surface area (Å²) in [7, 11) is 0. The van der Waals surface area contributed by atoms with Crippen LogP contribution >= 0.6 is 0 Å². The van der Waals surface area contributed by atoms with E-state index in [-0.39, 0.29) is 18.6 Å². The summed E-state index contributed by atoms with van der Waals surface area (Å²) in [6, 6.07) is 8.77. The summed E-state index contributed by atoms with van der Waals surface area (Å²) in [6.45, 7) is -3.28. The van der Waals surface area contributed by atoms with Crippen molar-refractivity contribution in [3.05, 3.63) is 65.0 Å². The van der Waals surface area contributed by atoms with E-state index >= 15 is 0 Å². The monoisotopic (exact) mass is 474 g/mol. The Kier molecular flexibility index (Phi) is 13.2. The second-order valence-electron chi connectivity index (χ2n) is 5.17. The summed E-state index contributed by atoms with van der Waals surface area (Å²) in [5.41, 5.74) is -0.276. The minimum atomic E-state index is -4.51. The van der Waals surface area contributed by atoms with Gasteiger partial charge in [0.2, 0.25) is 0 Å². The molecule has 2 aromatic carbocycles. The zero-order valence-corrected chi connectivity index (χ0v) is 15.0. The molecule has 0 radical (unpaired) electrons. The summed E-state index contributed by atoms with van der Waals surface area (Å²) in [6.07, 6.45) is -8.92. The Morgan fingerprint density at radius 3 is 1.59 bits per heavy atom. The van der Waals surface area contributed by atoms with Gasteiger partial charge < -0.3 is 9.84 Å². The van der Waals surface area contributed by atoms with Crippen LogP contribution in [-0.2, 0) is 0 Å².